The number of anilines is 1. The zero-order valence-corrected chi connectivity index (χ0v) is 10.5. The topological polar surface area (TPSA) is 84.9 Å². The van der Waals surface area contributed by atoms with Gasteiger partial charge in [0.2, 0.25) is 0 Å². The molecule has 0 amide bonds. The van der Waals surface area contributed by atoms with Gasteiger partial charge >= 0.3 is 5.76 Å². The van der Waals surface area contributed by atoms with E-state index in [2.05, 4.69) is 16.9 Å². The molecule has 0 radical (unpaired) electrons. The Hall–Kier alpha value is -2.08. The Labute approximate surface area is 106 Å². The maximum atomic E-state index is 11.1. The van der Waals surface area contributed by atoms with Crippen molar-refractivity contribution < 1.29 is 4.42 Å². The number of hydrogen-bond donors (Lipinski definition) is 2. The van der Waals surface area contributed by atoms with Crippen LogP contribution in [0.15, 0.2) is 27.4 Å². The second-order valence-electron chi connectivity index (χ2n) is 3.90. The molecule has 0 saturated carbocycles. The lowest BCUT2D eigenvalue weighted by Gasteiger charge is -1.99. The van der Waals surface area contributed by atoms with E-state index < -0.39 is 5.76 Å². The highest BCUT2D eigenvalue weighted by molar-refractivity contribution is 7.15. The van der Waals surface area contributed by atoms with Gasteiger partial charge in [-0.15, -0.1) is 11.3 Å². The average molecular weight is 261 g/mol. The smallest absolute Gasteiger partial charge is 0.408 e. The number of H-pyrrole nitrogens is 1. The number of oxazole rings is 1. The fourth-order valence-electron chi connectivity index (χ4n) is 1.93. The zero-order chi connectivity index (χ0) is 12.7. The summed E-state index contributed by atoms with van der Waals surface area (Å²) >= 11 is 1.49. The summed E-state index contributed by atoms with van der Waals surface area (Å²) < 4.78 is 5.04. The highest BCUT2D eigenvalue weighted by atomic mass is 32.1. The lowest BCUT2D eigenvalue weighted by atomic mass is 10.1. The molecule has 18 heavy (non-hydrogen) atoms. The number of aromatic nitrogens is 2. The van der Waals surface area contributed by atoms with Crippen LogP contribution in [0.3, 0.4) is 0 Å². The standard InChI is InChI=1S/C12H11N3O2S/c1-2-9-10(15-11(13)18-9)6-3-4-7-8(5-6)17-12(16)14-7/h3-5H,2H2,1H3,(H2,13,15)(H,14,16). The monoisotopic (exact) mass is 261 g/mol. The third kappa shape index (κ3) is 1.70. The molecule has 92 valence electrons. The van der Waals surface area contributed by atoms with Crippen molar-refractivity contribution in [1.29, 1.82) is 0 Å². The lowest BCUT2D eigenvalue weighted by molar-refractivity contribution is 0.555. The average Bonchev–Trinajstić information content (AvgIpc) is 2.89. The molecule has 3 rings (SSSR count). The van der Waals surface area contributed by atoms with Gasteiger partial charge in [0, 0.05) is 10.4 Å². The number of thiazole rings is 1. The minimum Gasteiger partial charge on any atom is -0.408 e. The maximum absolute atomic E-state index is 11.1. The Bertz CT molecular complexity index is 769. The number of rotatable bonds is 2. The van der Waals surface area contributed by atoms with Gasteiger partial charge in [0.05, 0.1) is 11.2 Å². The van der Waals surface area contributed by atoms with E-state index in [1.165, 1.54) is 11.3 Å². The van der Waals surface area contributed by atoms with Crippen LogP contribution in [-0.4, -0.2) is 9.97 Å². The van der Waals surface area contributed by atoms with Gasteiger partial charge < -0.3 is 10.2 Å². The van der Waals surface area contributed by atoms with E-state index >= 15 is 0 Å². The van der Waals surface area contributed by atoms with Crippen LogP contribution in [0.2, 0.25) is 0 Å². The molecule has 0 aliphatic rings. The molecule has 6 heteroatoms. The van der Waals surface area contributed by atoms with E-state index in [1.807, 2.05) is 12.1 Å². The molecule has 3 aromatic rings. The number of nitrogens with one attached hydrogen (secondary N) is 1. The fourth-order valence-corrected chi connectivity index (χ4v) is 2.72. The second-order valence-corrected chi connectivity index (χ2v) is 5.02. The quantitative estimate of drug-likeness (QED) is 0.741. The highest BCUT2D eigenvalue weighted by Crippen LogP contribution is 2.31. The first kappa shape index (κ1) is 11.0. The minimum atomic E-state index is -0.448. The van der Waals surface area contributed by atoms with Crippen molar-refractivity contribution in [2.45, 2.75) is 13.3 Å². The zero-order valence-electron chi connectivity index (χ0n) is 9.69. The molecule has 2 aromatic heterocycles. The van der Waals surface area contributed by atoms with Gasteiger partial charge in [-0.3, -0.25) is 4.98 Å². The largest absolute Gasteiger partial charge is 0.417 e. The van der Waals surface area contributed by atoms with Crippen LogP contribution in [0.4, 0.5) is 5.13 Å². The van der Waals surface area contributed by atoms with Crippen LogP contribution in [0.25, 0.3) is 22.4 Å². The summed E-state index contributed by atoms with van der Waals surface area (Å²) in [7, 11) is 0. The molecule has 3 N–H and O–H groups in total. The van der Waals surface area contributed by atoms with Crippen molar-refractivity contribution in [2.75, 3.05) is 5.73 Å². The summed E-state index contributed by atoms with van der Waals surface area (Å²) in [5, 5.41) is 0.553. The number of aryl methyl sites for hydroxylation is 1. The summed E-state index contributed by atoms with van der Waals surface area (Å²) in [6.07, 6.45) is 0.874. The normalized spacial score (nSPS) is 11.2. The van der Waals surface area contributed by atoms with E-state index in [0.717, 1.165) is 22.6 Å². The number of aromatic amines is 1. The molecule has 0 saturated heterocycles. The van der Waals surface area contributed by atoms with Crippen LogP contribution in [0.1, 0.15) is 11.8 Å². The summed E-state index contributed by atoms with van der Waals surface area (Å²) in [5.41, 5.74) is 8.73. The third-order valence-corrected chi connectivity index (χ3v) is 3.76. The van der Waals surface area contributed by atoms with E-state index in [4.69, 9.17) is 10.2 Å². The molecule has 0 atom stereocenters. The Morgan fingerprint density at radius 1 is 1.50 bits per heavy atom. The van der Waals surface area contributed by atoms with E-state index in [-0.39, 0.29) is 0 Å². The Kier molecular flexibility index (Phi) is 2.45. The van der Waals surface area contributed by atoms with Crippen LogP contribution < -0.4 is 11.5 Å². The van der Waals surface area contributed by atoms with Crippen molar-refractivity contribution in [3.8, 4) is 11.3 Å². The van der Waals surface area contributed by atoms with Crippen LogP contribution in [0, 0.1) is 0 Å². The summed E-state index contributed by atoms with van der Waals surface area (Å²) in [5.74, 6) is -0.448. The number of hydrogen-bond acceptors (Lipinski definition) is 5. The third-order valence-electron chi connectivity index (χ3n) is 2.73. The van der Waals surface area contributed by atoms with Crippen LogP contribution in [-0.2, 0) is 6.42 Å². The van der Waals surface area contributed by atoms with Crippen molar-refractivity contribution in [3.63, 3.8) is 0 Å². The maximum Gasteiger partial charge on any atom is 0.417 e. The molecule has 0 aliphatic carbocycles. The number of benzene rings is 1. The van der Waals surface area contributed by atoms with E-state index in [9.17, 15) is 4.79 Å². The summed E-state index contributed by atoms with van der Waals surface area (Å²) in [6.45, 7) is 2.06. The van der Waals surface area contributed by atoms with E-state index in [1.54, 1.807) is 6.07 Å². The molecule has 5 nitrogen and oxygen atoms in total. The predicted octanol–water partition coefficient (Wildman–Crippen LogP) is 2.39. The Morgan fingerprint density at radius 2 is 2.33 bits per heavy atom. The van der Waals surface area contributed by atoms with Crippen molar-refractivity contribution >= 4 is 27.6 Å². The molecular formula is C12H11N3O2S. The fraction of sp³-hybridized carbons (Fsp3) is 0.167. The summed E-state index contributed by atoms with van der Waals surface area (Å²) in [4.78, 5) is 19.2. The second kappa shape index (κ2) is 3.99. The SMILES string of the molecule is CCc1sc(N)nc1-c1ccc2[nH]c(=O)oc2c1. The van der Waals surface area contributed by atoms with Gasteiger partial charge in [0.25, 0.3) is 0 Å². The molecule has 1 aromatic carbocycles. The van der Waals surface area contributed by atoms with E-state index in [0.29, 0.717) is 16.2 Å². The molecular weight excluding hydrogens is 250 g/mol. The number of nitrogen functional groups attached to an aromatic ring is 1. The molecule has 0 bridgehead atoms. The van der Waals surface area contributed by atoms with Gasteiger partial charge in [0.1, 0.15) is 0 Å². The number of fused-ring (bicyclic) bond motifs is 1. The predicted molar refractivity (Wildman–Crippen MR) is 71.7 cm³/mol. The van der Waals surface area contributed by atoms with Gasteiger partial charge in [-0.05, 0) is 18.6 Å². The molecule has 0 aliphatic heterocycles. The van der Waals surface area contributed by atoms with Gasteiger partial charge in [-0.2, -0.15) is 0 Å². The van der Waals surface area contributed by atoms with Gasteiger partial charge in [-0.1, -0.05) is 13.0 Å². The number of nitrogens with zero attached hydrogens (tertiary/aromatic N) is 1. The molecule has 0 spiro atoms. The lowest BCUT2D eigenvalue weighted by Crippen LogP contribution is -1.92. The molecule has 2 heterocycles. The highest BCUT2D eigenvalue weighted by Gasteiger charge is 2.12. The molecule has 0 fully saturated rings. The van der Waals surface area contributed by atoms with Gasteiger partial charge in [0.15, 0.2) is 10.7 Å². The van der Waals surface area contributed by atoms with Crippen LogP contribution >= 0.6 is 11.3 Å². The molecule has 0 unspecified atom stereocenters. The van der Waals surface area contributed by atoms with Crippen molar-refractivity contribution in [3.05, 3.63) is 33.6 Å². The first-order valence-electron chi connectivity index (χ1n) is 5.56. The Morgan fingerprint density at radius 3 is 3.11 bits per heavy atom. The summed E-state index contributed by atoms with van der Waals surface area (Å²) in [6, 6.07) is 5.52. The van der Waals surface area contributed by atoms with Crippen LogP contribution in [0.5, 0.6) is 0 Å². The van der Waals surface area contributed by atoms with Gasteiger partial charge in [-0.25, -0.2) is 9.78 Å². The first-order chi connectivity index (χ1) is 8.67. The van der Waals surface area contributed by atoms with Crippen molar-refractivity contribution in [1.82, 2.24) is 9.97 Å². The number of nitrogens with two attached hydrogens (primary N) is 1. The Balaban J connectivity index is 2.21. The van der Waals surface area contributed by atoms with Crippen molar-refractivity contribution in [2.24, 2.45) is 0 Å². The first-order valence-corrected chi connectivity index (χ1v) is 6.37. The minimum absolute atomic E-state index is 0.448.